The van der Waals surface area contributed by atoms with Crippen LogP contribution in [-0.2, 0) is 4.79 Å². The number of aromatic hydroxyl groups is 1. The molecule has 0 aromatic heterocycles. The van der Waals surface area contributed by atoms with E-state index in [2.05, 4.69) is 14.8 Å². The van der Waals surface area contributed by atoms with Crippen LogP contribution in [0.15, 0.2) is 28.1 Å². The quantitative estimate of drug-likeness (QED) is 0.823. The second-order valence-electron chi connectivity index (χ2n) is 7.01. The van der Waals surface area contributed by atoms with Gasteiger partial charge in [-0.3, -0.25) is 4.79 Å². The van der Waals surface area contributed by atoms with E-state index in [1.807, 2.05) is 0 Å². The lowest BCUT2D eigenvalue weighted by molar-refractivity contribution is -0.113. The highest BCUT2D eigenvalue weighted by Crippen LogP contribution is 2.35. The third-order valence-electron chi connectivity index (χ3n) is 5.18. The van der Waals surface area contributed by atoms with Crippen molar-refractivity contribution in [2.24, 2.45) is 4.99 Å². The van der Waals surface area contributed by atoms with Crippen LogP contribution >= 0.6 is 11.8 Å². The van der Waals surface area contributed by atoms with Gasteiger partial charge in [-0.2, -0.15) is 4.99 Å². The van der Waals surface area contributed by atoms with Gasteiger partial charge < -0.3 is 14.9 Å². The van der Waals surface area contributed by atoms with E-state index in [1.54, 1.807) is 6.08 Å². The zero-order chi connectivity index (χ0) is 18.1. The molecule has 0 aliphatic carbocycles. The number of phenols is 1. The summed E-state index contributed by atoms with van der Waals surface area (Å²) in [5.74, 6) is -0.971. The Hall–Kier alpha value is -1.86. The summed E-state index contributed by atoms with van der Waals surface area (Å²) in [7, 11) is 0. The molecule has 2 saturated heterocycles. The van der Waals surface area contributed by atoms with E-state index in [9.17, 15) is 14.3 Å². The maximum Gasteiger partial charge on any atom is 0.286 e. The van der Waals surface area contributed by atoms with E-state index >= 15 is 0 Å². The van der Waals surface area contributed by atoms with Crippen LogP contribution in [0.1, 0.15) is 31.2 Å². The molecule has 4 rings (SSSR count). The van der Waals surface area contributed by atoms with Gasteiger partial charge in [0.05, 0.1) is 4.91 Å². The Morgan fingerprint density at radius 2 is 2.08 bits per heavy atom. The number of benzene rings is 1. The summed E-state index contributed by atoms with van der Waals surface area (Å²) < 4.78 is 13.1. The van der Waals surface area contributed by atoms with E-state index in [0.29, 0.717) is 16.5 Å². The van der Waals surface area contributed by atoms with E-state index in [4.69, 9.17) is 0 Å². The SMILES string of the molecule is O=C1N=C(N2CCC[C@H]2CN2CCCC2)SC1=Cc1ccc(F)cc1O. The van der Waals surface area contributed by atoms with Gasteiger partial charge in [0.2, 0.25) is 0 Å². The Balaban J connectivity index is 1.47. The topological polar surface area (TPSA) is 56.1 Å². The lowest BCUT2D eigenvalue weighted by Crippen LogP contribution is -2.41. The molecule has 1 amide bonds. The first kappa shape index (κ1) is 17.5. The molecular weight excluding hydrogens is 353 g/mol. The molecule has 3 aliphatic heterocycles. The molecule has 26 heavy (non-hydrogen) atoms. The molecular formula is C19H22FN3O2S. The summed E-state index contributed by atoms with van der Waals surface area (Å²) in [4.78, 5) is 21.8. The van der Waals surface area contributed by atoms with E-state index in [0.717, 1.165) is 50.3 Å². The average molecular weight is 375 g/mol. The number of hydrogen-bond donors (Lipinski definition) is 1. The van der Waals surface area contributed by atoms with Gasteiger partial charge in [0.15, 0.2) is 5.17 Å². The highest BCUT2D eigenvalue weighted by atomic mass is 32.2. The van der Waals surface area contributed by atoms with Crippen LogP contribution in [0.2, 0.25) is 0 Å². The number of phenolic OH excluding ortho intramolecular Hbond substituents is 1. The summed E-state index contributed by atoms with van der Waals surface area (Å²) in [6, 6.07) is 4.19. The van der Waals surface area contributed by atoms with Gasteiger partial charge in [-0.1, -0.05) is 0 Å². The van der Waals surface area contributed by atoms with Crippen LogP contribution in [0.4, 0.5) is 4.39 Å². The Morgan fingerprint density at radius 1 is 1.27 bits per heavy atom. The number of rotatable bonds is 3. The highest BCUT2D eigenvalue weighted by molar-refractivity contribution is 8.18. The molecule has 3 heterocycles. The zero-order valence-corrected chi connectivity index (χ0v) is 15.3. The van der Waals surface area contributed by atoms with Gasteiger partial charge >= 0.3 is 0 Å². The standard InChI is InChI=1S/C19H22FN3O2S/c20-14-6-5-13(16(24)11-14)10-17-18(25)21-19(26-17)23-9-3-4-15(23)12-22-7-1-2-8-22/h5-6,10-11,15,24H,1-4,7-9,12H2/t15-/m0/s1. The average Bonchev–Trinajstić information content (AvgIpc) is 3.33. The van der Waals surface area contributed by atoms with Crippen LogP contribution < -0.4 is 0 Å². The number of amides is 1. The van der Waals surface area contributed by atoms with Crippen molar-refractivity contribution in [1.29, 1.82) is 0 Å². The number of thioether (sulfide) groups is 1. The molecule has 0 spiro atoms. The summed E-state index contributed by atoms with van der Waals surface area (Å²) in [5.41, 5.74) is 0.425. The summed E-state index contributed by atoms with van der Waals surface area (Å²) in [5, 5.41) is 10.6. The van der Waals surface area contributed by atoms with Crippen LogP contribution in [0, 0.1) is 5.82 Å². The molecule has 0 saturated carbocycles. The maximum atomic E-state index is 13.1. The Kier molecular flexibility index (Phi) is 5.00. The van der Waals surface area contributed by atoms with Gasteiger partial charge in [0, 0.05) is 30.8 Å². The molecule has 1 aromatic rings. The lowest BCUT2D eigenvalue weighted by Gasteiger charge is -2.29. The van der Waals surface area contributed by atoms with Crippen molar-refractivity contribution in [1.82, 2.24) is 9.80 Å². The second kappa shape index (κ2) is 7.40. The Bertz CT molecular complexity index is 774. The van der Waals surface area contributed by atoms with Gasteiger partial charge in [-0.15, -0.1) is 0 Å². The first-order chi connectivity index (χ1) is 12.6. The molecule has 138 valence electrons. The number of hydrogen-bond acceptors (Lipinski definition) is 5. The van der Waals surface area contributed by atoms with Gasteiger partial charge in [-0.05, 0) is 68.7 Å². The lowest BCUT2D eigenvalue weighted by atomic mass is 10.2. The van der Waals surface area contributed by atoms with Gasteiger partial charge in [0.25, 0.3) is 5.91 Å². The smallest absolute Gasteiger partial charge is 0.286 e. The Morgan fingerprint density at radius 3 is 2.85 bits per heavy atom. The summed E-state index contributed by atoms with van der Waals surface area (Å²) >= 11 is 1.35. The van der Waals surface area contributed by atoms with Crippen LogP contribution in [0.25, 0.3) is 6.08 Å². The highest BCUT2D eigenvalue weighted by Gasteiger charge is 2.34. The minimum Gasteiger partial charge on any atom is -0.507 e. The summed E-state index contributed by atoms with van der Waals surface area (Å²) in [6.07, 6.45) is 6.37. The molecule has 2 fully saturated rings. The summed E-state index contributed by atoms with van der Waals surface area (Å²) in [6.45, 7) is 4.29. The normalized spacial score (nSPS) is 25.5. The van der Waals surface area contributed by atoms with Crippen LogP contribution in [-0.4, -0.2) is 58.2 Å². The predicted molar refractivity (Wildman–Crippen MR) is 101 cm³/mol. The van der Waals surface area contributed by atoms with E-state index in [-0.39, 0.29) is 11.7 Å². The largest absolute Gasteiger partial charge is 0.507 e. The molecule has 1 N–H and O–H groups in total. The number of halogens is 1. The minimum absolute atomic E-state index is 0.174. The number of carbonyl (C=O) groups excluding carboxylic acids is 1. The van der Waals surface area contributed by atoms with Crippen LogP contribution in [0.5, 0.6) is 5.75 Å². The molecule has 3 aliphatic rings. The van der Waals surface area contributed by atoms with Crippen molar-refractivity contribution in [3.05, 3.63) is 34.5 Å². The number of amidine groups is 1. The number of carbonyl (C=O) groups is 1. The molecule has 0 unspecified atom stereocenters. The van der Waals surface area contributed by atoms with Gasteiger partial charge in [-0.25, -0.2) is 4.39 Å². The van der Waals surface area contributed by atoms with Crippen molar-refractivity contribution in [2.75, 3.05) is 26.2 Å². The number of likely N-dealkylation sites (tertiary alicyclic amines) is 2. The molecule has 1 aromatic carbocycles. The van der Waals surface area contributed by atoms with Crippen molar-refractivity contribution in [2.45, 2.75) is 31.7 Å². The third-order valence-corrected chi connectivity index (χ3v) is 6.20. The number of aliphatic imine (C=N–C) groups is 1. The molecule has 0 bridgehead atoms. The fraction of sp³-hybridized carbons (Fsp3) is 0.474. The van der Waals surface area contributed by atoms with Crippen molar-refractivity contribution >= 4 is 28.9 Å². The second-order valence-corrected chi connectivity index (χ2v) is 8.02. The van der Waals surface area contributed by atoms with Crippen molar-refractivity contribution in [3.8, 4) is 5.75 Å². The van der Waals surface area contributed by atoms with E-state index < -0.39 is 5.82 Å². The van der Waals surface area contributed by atoms with Crippen molar-refractivity contribution < 1.29 is 14.3 Å². The van der Waals surface area contributed by atoms with E-state index in [1.165, 1.54) is 36.7 Å². The molecule has 0 radical (unpaired) electrons. The third kappa shape index (κ3) is 3.64. The first-order valence-electron chi connectivity index (χ1n) is 9.10. The van der Waals surface area contributed by atoms with Crippen LogP contribution in [0.3, 0.4) is 0 Å². The molecule has 1 atom stereocenters. The molecule has 5 nitrogen and oxygen atoms in total. The van der Waals surface area contributed by atoms with Gasteiger partial charge in [0.1, 0.15) is 11.6 Å². The fourth-order valence-corrected chi connectivity index (χ4v) is 4.84. The zero-order valence-electron chi connectivity index (χ0n) is 14.5. The minimum atomic E-state index is -0.506. The maximum absolute atomic E-state index is 13.1. The van der Waals surface area contributed by atoms with Crippen molar-refractivity contribution in [3.63, 3.8) is 0 Å². The fourth-order valence-electron chi connectivity index (χ4n) is 3.84. The predicted octanol–water partition coefficient (Wildman–Crippen LogP) is 3.06. The number of nitrogens with zero attached hydrogens (tertiary/aromatic N) is 3. The Labute approximate surface area is 156 Å². The first-order valence-corrected chi connectivity index (χ1v) is 9.92. The monoisotopic (exact) mass is 375 g/mol. The molecule has 7 heteroatoms.